The highest BCUT2D eigenvalue weighted by molar-refractivity contribution is 5.94. The molecule has 6 nitrogen and oxygen atoms in total. The Bertz CT molecular complexity index is 1180. The standard InChI is InChI=1S/C31H40N4O2/c1-37-30-6-4-5-27(21-30)31(36)33-29-11-16-35(17-12-29)23-25-8-10-26-9-7-24(19-28(26)20-25)22-32-13-18-34-14-2-3-15-34/h4-10,19-21,29,32H,2-3,11-18,22-23H2,1H3,(H,33,36). The van der Waals surface area contributed by atoms with Gasteiger partial charge in [0.15, 0.2) is 0 Å². The first kappa shape index (κ1) is 25.7. The van der Waals surface area contributed by atoms with Gasteiger partial charge in [-0.15, -0.1) is 0 Å². The maximum atomic E-state index is 12.7. The second-order valence-corrected chi connectivity index (χ2v) is 10.5. The van der Waals surface area contributed by atoms with Crippen LogP contribution in [-0.2, 0) is 13.1 Å². The third kappa shape index (κ3) is 7.10. The van der Waals surface area contributed by atoms with Crippen LogP contribution >= 0.6 is 0 Å². The van der Waals surface area contributed by atoms with Crippen LogP contribution in [0.4, 0.5) is 0 Å². The first-order chi connectivity index (χ1) is 18.2. The molecule has 0 spiro atoms. The summed E-state index contributed by atoms with van der Waals surface area (Å²) in [6.07, 6.45) is 4.64. The van der Waals surface area contributed by atoms with E-state index in [1.807, 2.05) is 18.2 Å². The number of nitrogens with zero attached hydrogens (tertiary/aromatic N) is 2. The average molecular weight is 501 g/mol. The minimum Gasteiger partial charge on any atom is -0.497 e. The molecule has 0 bridgehead atoms. The predicted octanol–water partition coefficient (Wildman–Crippen LogP) is 4.43. The second-order valence-electron chi connectivity index (χ2n) is 10.5. The van der Waals surface area contributed by atoms with Crippen molar-refractivity contribution in [3.05, 3.63) is 77.4 Å². The van der Waals surface area contributed by atoms with Crippen LogP contribution in [0.3, 0.4) is 0 Å². The highest BCUT2D eigenvalue weighted by Gasteiger charge is 2.21. The molecule has 2 aliphatic rings. The Kier molecular flexibility index (Phi) is 8.72. The topological polar surface area (TPSA) is 56.8 Å². The van der Waals surface area contributed by atoms with Gasteiger partial charge in [0, 0.05) is 50.9 Å². The van der Waals surface area contributed by atoms with Crippen LogP contribution in [0.15, 0.2) is 60.7 Å². The fraction of sp³-hybridized carbons (Fsp3) is 0.452. The number of hydrogen-bond donors (Lipinski definition) is 2. The molecule has 0 saturated carbocycles. The smallest absolute Gasteiger partial charge is 0.251 e. The van der Waals surface area contributed by atoms with Crippen molar-refractivity contribution in [2.45, 2.75) is 44.8 Å². The zero-order valence-corrected chi connectivity index (χ0v) is 22.0. The van der Waals surface area contributed by atoms with Gasteiger partial charge in [-0.25, -0.2) is 0 Å². The van der Waals surface area contributed by atoms with E-state index in [4.69, 9.17) is 4.74 Å². The van der Waals surface area contributed by atoms with Gasteiger partial charge in [-0.05, 0) is 91.0 Å². The molecule has 3 aromatic rings. The molecule has 5 rings (SSSR count). The summed E-state index contributed by atoms with van der Waals surface area (Å²) in [6, 6.07) is 21.2. The quantitative estimate of drug-likeness (QED) is 0.404. The van der Waals surface area contributed by atoms with Gasteiger partial charge in [0.2, 0.25) is 0 Å². The number of ether oxygens (including phenoxy) is 1. The van der Waals surface area contributed by atoms with Crippen molar-refractivity contribution in [1.29, 1.82) is 0 Å². The van der Waals surface area contributed by atoms with E-state index in [1.165, 1.54) is 47.8 Å². The number of hydrogen-bond acceptors (Lipinski definition) is 5. The van der Waals surface area contributed by atoms with Crippen molar-refractivity contribution < 1.29 is 9.53 Å². The minimum atomic E-state index is -0.0202. The van der Waals surface area contributed by atoms with Crippen molar-refractivity contribution in [2.24, 2.45) is 0 Å². The Morgan fingerprint density at radius 2 is 1.65 bits per heavy atom. The van der Waals surface area contributed by atoms with E-state index in [-0.39, 0.29) is 11.9 Å². The number of fused-ring (bicyclic) bond motifs is 1. The van der Waals surface area contributed by atoms with Gasteiger partial charge < -0.3 is 20.3 Å². The third-order valence-corrected chi connectivity index (χ3v) is 7.76. The van der Waals surface area contributed by atoms with Gasteiger partial charge in [0.1, 0.15) is 5.75 Å². The predicted molar refractivity (Wildman–Crippen MR) is 150 cm³/mol. The lowest BCUT2D eigenvalue weighted by atomic mass is 10.0. The number of likely N-dealkylation sites (tertiary alicyclic amines) is 2. The lowest BCUT2D eigenvalue weighted by molar-refractivity contribution is 0.0908. The summed E-state index contributed by atoms with van der Waals surface area (Å²) < 4.78 is 5.25. The maximum absolute atomic E-state index is 12.7. The molecule has 0 radical (unpaired) electrons. The van der Waals surface area contributed by atoms with Crippen molar-refractivity contribution in [1.82, 2.24) is 20.4 Å². The molecule has 2 saturated heterocycles. The monoisotopic (exact) mass is 500 g/mol. The zero-order chi connectivity index (χ0) is 25.5. The molecule has 2 fully saturated rings. The van der Waals surface area contributed by atoms with Gasteiger partial charge >= 0.3 is 0 Å². The molecule has 196 valence electrons. The van der Waals surface area contributed by atoms with E-state index in [2.05, 4.69) is 56.8 Å². The van der Waals surface area contributed by atoms with Crippen LogP contribution < -0.4 is 15.4 Å². The molecule has 6 heteroatoms. The first-order valence-electron chi connectivity index (χ1n) is 13.8. The SMILES string of the molecule is COc1cccc(C(=O)NC2CCN(Cc3ccc4ccc(CNCCN5CCCC5)cc4c3)CC2)c1. The number of rotatable bonds is 10. The third-order valence-electron chi connectivity index (χ3n) is 7.76. The van der Waals surface area contributed by atoms with Crippen LogP contribution in [0.5, 0.6) is 5.75 Å². The number of nitrogens with one attached hydrogen (secondary N) is 2. The van der Waals surface area contributed by atoms with Crippen molar-refractivity contribution >= 4 is 16.7 Å². The lowest BCUT2D eigenvalue weighted by Crippen LogP contribution is -2.44. The number of piperidine rings is 1. The Morgan fingerprint density at radius 1 is 0.892 bits per heavy atom. The number of carbonyl (C=O) groups excluding carboxylic acids is 1. The molecular weight excluding hydrogens is 460 g/mol. The summed E-state index contributed by atoms with van der Waals surface area (Å²) in [6.45, 7) is 8.57. The fourth-order valence-corrected chi connectivity index (χ4v) is 5.56. The van der Waals surface area contributed by atoms with Gasteiger partial charge in [-0.1, -0.05) is 30.3 Å². The molecule has 0 aromatic heterocycles. The average Bonchev–Trinajstić information content (AvgIpc) is 3.46. The number of methoxy groups -OCH3 is 1. The summed E-state index contributed by atoms with van der Waals surface area (Å²) >= 11 is 0. The van der Waals surface area contributed by atoms with Gasteiger partial charge in [0.25, 0.3) is 5.91 Å². The summed E-state index contributed by atoms with van der Waals surface area (Å²) in [4.78, 5) is 17.7. The number of benzene rings is 3. The molecule has 0 unspecified atom stereocenters. The molecule has 37 heavy (non-hydrogen) atoms. The number of carbonyl (C=O) groups is 1. The van der Waals surface area contributed by atoms with Crippen molar-refractivity contribution in [3.8, 4) is 5.75 Å². The van der Waals surface area contributed by atoms with Crippen LogP contribution in [0, 0.1) is 0 Å². The molecule has 2 N–H and O–H groups in total. The summed E-state index contributed by atoms with van der Waals surface area (Å²) in [5, 5.41) is 9.44. The summed E-state index contributed by atoms with van der Waals surface area (Å²) in [5.74, 6) is 0.687. The molecule has 3 aromatic carbocycles. The highest BCUT2D eigenvalue weighted by atomic mass is 16.5. The Balaban J connectivity index is 1.09. The zero-order valence-electron chi connectivity index (χ0n) is 22.0. The van der Waals surface area contributed by atoms with E-state index in [0.29, 0.717) is 11.3 Å². The highest BCUT2D eigenvalue weighted by Crippen LogP contribution is 2.21. The fourth-order valence-electron chi connectivity index (χ4n) is 5.56. The van der Waals surface area contributed by atoms with E-state index in [1.54, 1.807) is 13.2 Å². The Labute approximate surface area is 221 Å². The second kappa shape index (κ2) is 12.5. The summed E-state index contributed by atoms with van der Waals surface area (Å²) in [7, 11) is 1.62. The molecule has 0 aliphatic carbocycles. The summed E-state index contributed by atoms with van der Waals surface area (Å²) in [5.41, 5.74) is 3.35. The molecular formula is C31H40N4O2. The van der Waals surface area contributed by atoms with Crippen molar-refractivity contribution in [2.75, 3.05) is 46.4 Å². The lowest BCUT2D eigenvalue weighted by Gasteiger charge is -2.32. The first-order valence-corrected chi connectivity index (χ1v) is 13.8. The van der Waals surface area contributed by atoms with E-state index < -0.39 is 0 Å². The van der Waals surface area contributed by atoms with Gasteiger partial charge in [-0.2, -0.15) is 0 Å². The minimum absolute atomic E-state index is 0.0202. The van der Waals surface area contributed by atoms with Crippen LogP contribution in [0.25, 0.3) is 10.8 Å². The maximum Gasteiger partial charge on any atom is 0.251 e. The molecule has 2 aliphatic heterocycles. The Hall–Kier alpha value is -2.93. The Morgan fingerprint density at radius 3 is 2.43 bits per heavy atom. The van der Waals surface area contributed by atoms with Crippen LogP contribution in [0.2, 0.25) is 0 Å². The van der Waals surface area contributed by atoms with E-state index in [9.17, 15) is 4.79 Å². The molecule has 0 atom stereocenters. The largest absolute Gasteiger partial charge is 0.497 e. The molecule has 1 amide bonds. The van der Waals surface area contributed by atoms with E-state index in [0.717, 1.165) is 52.1 Å². The normalized spacial score (nSPS) is 17.3. The van der Waals surface area contributed by atoms with Crippen molar-refractivity contribution in [3.63, 3.8) is 0 Å². The molecule has 2 heterocycles. The van der Waals surface area contributed by atoms with E-state index >= 15 is 0 Å². The number of amides is 1. The van der Waals surface area contributed by atoms with Gasteiger partial charge in [-0.3, -0.25) is 9.69 Å². The van der Waals surface area contributed by atoms with Crippen LogP contribution in [0.1, 0.15) is 47.2 Å². The van der Waals surface area contributed by atoms with Gasteiger partial charge in [0.05, 0.1) is 7.11 Å². The van der Waals surface area contributed by atoms with Crippen LogP contribution in [-0.4, -0.2) is 68.1 Å².